The molecule has 1 aromatic heterocycles. The summed E-state index contributed by atoms with van der Waals surface area (Å²) in [7, 11) is 0. The van der Waals surface area contributed by atoms with Crippen LogP contribution in [0.4, 0.5) is 0 Å². The normalized spacial score (nSPS) is 18.1. The lowest BCUT2D eigenvalue weighted by atomic mass is 9.98. The minimum Gasteiger partial charge on any atom is -0.486 e. The number of hydrogen-bond acceptors (Lipinski definition) is 4. The van der Waals surface area contributed by atoms with Gasteiger partial charge in [0.05, 0.1) is 18.0 Å². The lowest BCUT2D eigenvalue weighted by Gasteiger charge is -2.27. The highest BCUT2D eigenvalue weighted by Gasteiger charge is 2.31. The van der Waals surface area contributed by atoms with Crippen LogP contribution in [0.1, 0.15) is 41.3 Å². The van der Waals surface area contributed by atoms with Gasteiger partial charge in [0.2, 0.25) is 5.91 Å². The molecule has 30 heavy (non-hydrogen) atoms. The van der Waals surface area contributed by atoms with Crippen molar-refractivity contribution in [1.82, 2.24) is 9.88 Å². The summed E-state index contributed by atoms with van der Waals surface area (Å²) in [6, 6.07) is 14.3. The topological polar surface area (TPSA) is 51.7 Å². The van der Waals surface area contributed by atoms with E-state index in [2.05, 4.69) is 19.1 Å². The van der Waals surface area contributed by atoms with Gasteiger partial charge < -0.3 is 14.4 Å². The van der Waals surface area contributed by atoms with Gasteiger partial charge in [-0.3, -0.25) is 9.78 Å². The summed E-state index contributed by atoms with van der Waals surface area (Å²) in [4.78, 5) is 20.1. The molecule has 154 valence electrons. The van der Waals surface area contributed by atoms with E-state index in [1.54, 1.807) is 0 Å². The molecule has 1 unspecified atom stereocenters. The predicted molar refractivity (Wildman–Crippen MR) is 116 cm³/mol. The molecule has 0 N–H and O–H groups in total. The lowest BCUT2D eigenvalue weighted by Crippen LogP contribution is -2.32. The van der Waals surface area contributed by atoms with Crippen molar-refractivity contribution in [3.63, 3.8) is 0 Å². The molecule has 2 aliphatic heterocycles. The van der Waals surface area contributed by atoms with E-state index in [4.69, 9.17) is 14.5 Å². The summed E-state index contributed by atoms with van der Waals surface area (Å²) in [5.74, 6) is 1.73. The number of likely N-dealkylation sites (tertiary alicyclic amines) is 1. The first-order valence-corrected chi connectivity index (χ1v) is 10.7. The van der Waals surface area contributed by atoms with Gasteiger partial charge in [0.15, 0.2) is 11.5 Å². The van der Waals surface area contributed by atoms with Crippen molar-refractivity contribution in [2.24, 2.45) is 0 Å². The Morgan fingerprint density at radius 2 is 1.90 bits per heavy atom. The van der Waals surface area contributed by atoms with E-state index < -0.39 is 0 Å². The smallest absolute Gasteiger partial charge is 0.227 e. The minimum atomic E-state index is 0.0855. The Labute approximate surface area is 176 Å². The Kier molecular flexibility index (Phi) is 4.81. The minimum absolute atomic E-state index is 0.0855. The maximum Gasteiger partial charge on any atom is 0.227 e. The Bertz CT molecular complexity index is 1120. The third-order valence-electron chi connectivity index (χ3n) is 6.34. The highest BCUT2D eigenvalue weighted by Crippen LogP contribution is 2.38. The van der Waals surface area contributed by atoms with Crippen LogP contribution in [-0.4, -0.2) is 35.5 Å². The first-order chi connectivity index (χ1) is 14.6. The first-order valence-electron chi connectivity index (χ1n) is 10.7. The van der Waals surface area contributed by atoms with E-state index >= 15 is 0 Å². The van der Waals surface area contributed by atoms with Crippen molar-refractivity contribution < 1.29 is 14.3 Å². The Balaban J connectivity index is 1.42. The second-order valence-electron chi connectivity index (χ2n) is 8.14. The summed E-state index contributed by atoms with van der Waals surface area (Å²) in [5, 5.41) is 1.12. The molecule has 1 fully saturated rings. The maximum atomic E-state index is 13.4. The zero-order valence-electron chi connectivity index (χ0n) is 17.5. The van der Waals surface area contributed by atoms with Crippen molar-refractivity contribution in [3.8, 4) is 11.5 Å². The fourth-order valence-electron chi connectivity index (χ4n) is 4.76. The van der Waals surface area contributed by atoms with E-state index in [0.717, 1.165) is 64.2 Å². The standard InChI is InChI=1S/C25H26N2O3/c1-16-19-6-3-4-7-21(19)26-17(2)20(16)15-25(28)27-11-5-8-22(27)18-9-10-23-24(14-18)30-13-12-29-23/h3-4,6-7,9-10,14,22H,5,8,11-13,15H2,1-2H3. The fraction of sp³-hybridized carbons (Fsp3) is 0.360. The molecule has 2 aliphatic rings. The maximum absolute atomic E-state index is 13.4. The van der Waals surface area contributed by atoms with Crippen LogP contribution in [0.2, 0.25) is 0 Å². The van der Waals surface area contributed by atoms with Crippen molar-refractivity contribution in [1.29, 1.82) is 0 Å². The van der Waals surface area contributed by atoms with E-state index in [1.165, 1.54) is 0 Å². The highest BCUT2D eigenvalue weighted by atomic mass is 16.6. The Morgan fingerprint density at radius 1 is 1.10 bits per heavy atom. The number of fused-ring (bicyclic) bond motifs is 2. The van der Waals surface area contributed by atoms with Gasteiger partial charge in [0.25, 0.3) is 0 Å². The van der Waals surface area contributed by atoms with Crippen LogP contribution in [0, 0.1) is 13.8 Å². The molecule has 5 heteroatoms. The third-order valence-corrected chi connectivity index (χ3v) is 6.34. The number of carbonyl (C=O) groups excluding carboxylic acids is 1. The zero-order chi connectivity index (χ0) is 20.7. The second-order valence-corrected chi connectivity index (χ2v) is 8.14. The molecule has 3 heterocycles. The van der Waals surface area contributed by atoms with Crippen molar-refractivity contribution in [3.05, 3.63) is 64.8 Å². The van der Waals surface area contributed by atoms with Crippen LogP contribution in [0.3, 0.4) is 0 Å². The largest absolute Gasteiger partial charge is 0.486 e. The number of aromatic nitrogens is 1. The van der Waals surface area contributed by atoms with Crippen LogP contribution >= 0.6 is 0 Å². The number of pyridine rings is 1. The predicted octanol–water partition coefficient (Wildman–Crippen LogP) is 4.53. The molecule has 1 saturated heterocycles. The Morgan fingerprint density at radius 3 is 2.77 bits per heavy atom. The molecule has 1 amide bonds. The molecule has 0 aliphatic carbocycles. The molecular weight excluding hydrogens is 376 g/mol. The number of ether oxygens (including phenoxy) is 2. The van der Waals surface area contributed by atoms with E-state index in [1.807, 2.05) is 42.2 Å². The lowest BCUT2D eigenvalue weighted by molar-refractivity contribution is -0.131. The second kappa shape index (κ2) is 7.63. The number of para-hydroxylation sites is 1. The summed E-state index contributed by atoms with van der Waals surface area (Å²) in [5.41, 5.74) is 5.25. The van der Waals surface area contributed by atoms with Crippen LogP contribution in [0.15, 0.2) is 42.5 Å². The van der Waals surface area contributed by atoms with Gasteiger partial charge in [-0.05, 0) is 61.6 Å². The zero-order valence-corrected chi connectivity index (χ0v) is 17.5. The molecule has 0 saturated carbocycles. The SMILES string of the molecule is Cc1nc2ccccc2c(C)c1CC(=O)N1CCCC1c1ccc2c(c1)OCCO2. The van der Waals surface area contributed by atoms with E-state index in [0.29, 0.717) is 19.6 Å². The van der Waals surface area contributed by atoms with Gasteiger partial charge in [-0.25, -0.2) is 0 Å². The van der Waals surface area contributed by atoms with Gasteiger partial charge in [-0.2, -0.15) is 0 Å². The van der Waals surface area contributed by atoms with Gasteiger partial charge >= 0.3 is 0 Å². The molecule has 0 spiro atoms. The Hall–Kier alpha value is -3.08. The van der Waals surface area contributed by atoms with Crippen LogP contribution in [-0.2, 0) is 11.2 Å². The summed E-state index contributed by atoms with van der Waals surface area (Å²) < 4.78 is 11.4. The average Bonchev–Trinajstić information content (AvgIpc) is 3.26. The molecular formula is C25H26N2O3. The quantitative estimate of drug-likeness (QED) is 0.646. The van der Waals surface area contributed by atoms with Crippen molar-refractivity contribution in [2.75, 3.05) is 19.8 Å². The number of amides is 1. The van der Waals surface area contributed by atoms with Crippen LogP contribution in [0.5, 0.6) is 11.5 Å². The number of hydrogen-bond donors (Lipinski definition) is 0. The molecule has 1 atom stereocenters. The molecule has 0 bridgehead atoms. The van der Waals surface area contributed by atoms with E-state index in [9.17, 15) is 4.79 Å². The highest BCUT2D eigenvalue weighted by molar-refractivity contribution is 5.86. The van der Waals surface area contributed by atoms with Crippen LogP contribution < -0.4 is 9.47 Å². The number of carbonyl (C=O) groups is 1. The fourth-order valence-corrected chi connectivity index (χ4v) is 4.76. The summed E-state index contributed by atoms with van der Waals surface area (Å²) in [6.07, 6.45) is 2.37. The first kappa shape index (κ1) is 18.9. The van der Waals surface area contributed by atoms with Crippen LogP contribution in [0.25, 0.3) is 10.9 Å². The third kappa shape index (κ3) is 3.28. The molecule has 0 radical (unpaired) electrons. The summed E-state index contributed by atoms with van der Waals surface area (Å²) >= 11 is 0. The summed E-state index contributed by atoms with van der Waals surface area (Å²) in [6.45, 7) is 6.04. The molecule has 2 aromatic carbocycles. The number of benzene rings is 2. The van der Waals surface area contributed by atoms with Gasteiger partial charge in [-0.15, -0.1) is 0 Å². The molecule has 5 rings (SSSR count). The average molecular weight is 402 g/mol. The van der Waals surface area contributed by atoms with Gasteiger partial charge in [-0.1, -0.05) is 24.3 Å². The molecule has 5 nitrogen and oxygen atoms in total. The van der Waals surface area contributed by atoms with E-state index in [-0.39, 0.29) is 11.9 Å². The number of rotatable bonds is 3. The van der Waals surface area contributed by atoms with Crippen molar-refractivity contribution >= 4 is 16.8 Å². The van der Waals surface area contributed by atoms with Crippen molar-refractivity contribution in [2.45, 2.75) is 39.2 Å². The molecule has 3 aromatic rings. The van der Waals surface area contributed by atoms with Gasteiger partial charge in [0.1, 0.15) is 13.2 Å². The van der Waals surface area contributed by atoms with Gasteiger partial charge in [0, 0.05) is 17.6 Å². The number of nitrogens with zero attached hydrogens (tertiary/aromatic N) is 2. The monoisotopic (exact) mass is 402 g/mol. The number of aryl methyl sites for hydroxylation is 2.